The van der Waals surface area contributed by atoms with Crippen LogP contribution in [0.1, 0.15) is 34.6 Å². The molecule has 20 heavy (non-hydrogen) atoms. The molecule has 0 saturated heterocycles. The molecule has 0 amide bonds. The Kier molecular flexibility index (Phi) is 13.7. The fourth-order valence-corrected chi connectivity index (χ4v) is 2.09. The molecule has 0 fully saturated rings. The van der Waals surface area contributed by atoms with Crippen LogP contribution < -0.4 is 5.32 Å². The van der Waals surface area contributed by atoms with Crippen LogP contribution in [-0.2, 0) is 9.47 Å². The van der Waals surface area contributed by atoms with Gasteiger partial charge in [0.2, 0.25) is 0 Å². The molecule has 0 heterocycles. The first kappa shape index (κ1) is 19.8. The normalized spacial score (nSPS) is 13.3. The van der Waals surface area contributed by atoms with Gasteiger partial charge in [0.1, 0.15) is 0 Å². The Morgan fingerprint density at radius 3 is 1.90 bits per heavy atom. The second-order valence-corrected chi connectivity index (χ2v) is 5.85. The lowest BCUT2D eigenvalue weighted by molar-refractivity contribution is 0.0767. The molecule has 1 N–H and O–H groups in total. The summed E-state index contributed by atoms with van der Waals surface area (Å²) >= 11 is 0. The van der Waals surface area contributed by atoms with Crippen molar-refractivity contribution in [2.75, 3.05) is 59.2 Å². The molecule has 0 aliphatic heterocycles. The number of nitrogens with zero attached hydrogens (tertiary/aromatic N) is 1. The lowest BCUT2D eigenvalue weighted by Gasteiger charge is -2.26. The van der Waals surface area contributed by atoms with E-state index in [2.05, 4.69) is 31.0 Å². The monoisotopic (exact) mass is 288 g/mol. The maximum atomic E-state index is 5.47. The Morgan fingerprint density at radius 2 is 1.45 bits per heavy atom. The maximum Gasteiger partial charge on any atom is 0.0593 e. The highest BCUT2D eigenvalue weighted by Crippen LogP contribution is 2.00. The Hall–Kier alpha value is -0.160. The second kappa shape index (κ2) is 13.8. The molecule has 0 saturated carbocycles. The number of nitrogens with one attached hydrogen (secondary N) is 1. The van der Waals surface area contributed by atoms with E-state index in [4.69, 9.17) is 9.47 Å². The van der Waals surface area contributed by atoms with E-state index < -0.39 is 0 Å². The van der Waals surface area contributed by atoms with E-state index in [1.807, 2.05) is 13.8 Å². The highest BCUT2D eigenvalue weighted by Gasteiger charge is 2.10. The van der Waals surface area contributed by atoms with E-state index in [-0.39, 0.29) is 0 Å². The van der Waals surface area contributed by atoms with Gasteiger partial charge in [0.15, 0.2) is 0 Å². The third-order valence-electron chi connectivity index (χ3n) is 3.13. The SMILES string of the molecule is CCOCCN(CCOCC)CC(C)CNCC(C)C. The zero-order chi connectivity index (χ0) is 15.2. The molecule has 4 heteroatoms. The highest BCUT2D eigenvalue weighted by atomic mass is 16.5. The van der Waals surface area contributed by atoms with E-state index >= 15 is 0 Å². The first-order chi connectivity index (χ1) is 9.60. The Morgan fingerprint density at radius 1 is 0.900 bits per heavy atom. The molecule has 0 radical (unpaired) electrons. The zero-order valence-corrected chi connectivity index (χ0v) is 14.3. The number of ether oxygens (including phenoxy) is 2. The van der Waals surface area contributed by atoms with E-state index in [1.165, 1.54) is 0 Å². The molecule has 1 atom stereocenters. The summed E-state index contributed by atoms with van der Waals surface area (Å²) in [5, 5.41) is 3.54. The minimum absolute atomic E-state index is 0.650. The average molecular weight is 288 g/mol. The second-order valence-electron chi connectivity index (χ2n) is 5.85. The number of hydrogen-bond donors (Lipinski definition) is 1. The molecule has 4 nitrogen and oxygen atoms in total. The van der Waals surface area contributed by atoms with Crippen LogP contribution in [-0.4, -0.2) is 64.1 Å². The summed E-state index contributed by atoms with van der Waals surface area (Å²) in [5.74, 6) is 1.37. The van der Waals surface area contributed by atoms with Gasteiger partial charge in [-0.05, 0) is 38.8 Å². The first-order valence-corrected chi connectivity index (χ1v) is 8.18. The smallest absolute Gasteiger partial charge is 0.0593 e. The third kappa shape index (κ3) is 12.9. The standard InChI is InChI=1S/C16H36N2O2/c1-6-19-10-8-18(9-11-20-7-2)14-16(5)13-17-12-15(3)4/h15-17H,6-14H2,1-5H3. The van der Waals surface area contributed by atoms with Crippen molar-refractivity contribution in [3.8, 4) is 0 Å². The van der Waals surface area contributed by atoms with Gasteiger partial charge >= 0.3 is 0 Å². The predicted molar refractivity (Wildman–Crippen MR) is 86.3 cm³/mol. The van der Waals surface area contributed by atoms with Gasteiger partial charge in [0.05, 0.1) is 13.2 Å². The van der Waals surface area contributed by atoms with Gasteiger partial charge in [-0.1, -0.05) is 20.8 Å². The molecule has 0 rings (SSSR count). The van der Waals surface area contributed by atoms with Gasteiger partial charge < -0.3 is 14.8 Å². The van der Waals surface area contributed by atoms with Crippen molar-refractivity contribution in [3.05, 3.63) is 0 Å². The van der Waals surface area contributed by atoms with Crippen LogP contribution in [0.15, 0.2) is 0 Å². The summed E-state index contributed by atoms with van der Waals surface area (Å²) in [6, 6.07) is 0. The summed E-state index contributed by atoms with van der Waals surface area (Å²) in [4.78, 5) is 2.45. The lowest BCUT2D eigenvalue weighted by atomic mass is 10.1. The molecule has 1 unspecified atom stereocenters. The van der Waals surface area contributed by atoms with E-state index in [0.29, 0.717) is 11.8 Å². The highest BCUT2D eigenvalue weighted by molar-refractivity contribution is 4.65. The molecule has 0 bridgehead atoms. The molecular weight excluding hydrogens is 252 g/mol. The van der Waals surface area contributed by atoms with Crippen molar-refractivity contribution in [2.45, 2.75) is 34.6 Å². The third-order valence-corrected chi connectivity index (χ3v) is 3.13. The molecule has 0 spiro atoms. The van der Waals surface area contributed by atoms with Crippen molar-refractivity contribution in [2.24, 2.45) is 11.8 Å². The van der Waals surface area contributed by atoms with Crippen molar-refractivity contribution in [1.82, 2.24) is 10.2 Å². The average Bonchev–Trinajstić information content (AvgIpc) is 2.38. The van der Waals surface area contributed by atoms with Crippen LogP contribution in [0.3, 0.4) is 0 Å². The van der Waals surface area contributed by atoms with Crippen molar-refractivity contribution >= 4 is 0 Å². The Labute approximate surface area is 126 Å². The molecule has 122 valence electrons. The summed E-state index contributed by atoms with van der Waals surface area (Å²) < 4.78 is 10.9. The quantitative estimate of drug-likeness (QED) is 0.497. The van der Waals surface area contributed by atoms with Crippen LogP contribution in [0, 0.1) is 11.8 Å². The zero-order valence-electron chi connectivity index (χ0n) is 14.3. The Balaban J connectivity index is 3.90. The van der Waals surface area contributed by atoms with Crippen molar-refractivity contribution in [1.29, 1.82) is 0 Å². The minimum atomic E-state index is 0.650. The predicted octanol–water partition coefficient (Wildman–Crippen LogP) is 2.24. The van der Waals surface area contributed by atoms with E-state index in [9.17, 15) is 0 Å². The molecule has 0 aliphatic rings. The van der Waals surface area contributed by atoms with E-state index in [1.54, 1.807) is 0 Å². The molecule has 0 aliphatic carbocycles. The summed E-state index contributed by atoms with van der Waals surface area (Å²) in [5.41, 5.74) is 0. The Bertz CT molecular complexity index is 191. The molecule has 0 aromatic carbocycles. The van der Waals surface area contributed by atoms with E-state index in [0.717, 1.165) is 59.2 Å². The van der Waals surface area contributed by atoms with Crippen LogP contribution in [0.25, 0.3) is 0 Å². The number of rotatable bonds is 14. The van der Waals surface area contributed by atoms with Crippen LogP contribution in [0.5, 0.6) is 0 Å². The summed E-state index contributed by atoms with van der Waals surface area (Å²) in [6.07, 6.45) is 0. The number of hydrogen-bond acceptors (Lipinski definition) is 4. The fourth-order valence-electron chi connectivity index (χ4n) is 2.09. The van der Waals surface area contributed by atoms with Crippen LogP contribution in [0.2, 0.25) is 0 Å². The van der Waals surface area contributed by atoms with Crippen LogP contribution >= 0.6 is 0 Å². The van der Waals surface area contributed by atoms with Gasteiger partial charge in [0, 0.05) is 32.8 Å². The topological polar surface area (TPSA) is 33.7 Å². The van der Waals surface area contributed by atoms with Gasteiger partial charge in [-0.15, -0.1) is 0 Å². The lowest BCUT2D eigenvalue weighted by Crippen LogP contribution is -2.38. The van der Waals surface area contributed by atoms with Crippen molar-refractivity contribution in [3.63, 3.8) is 0 Å². The van der Waals surface area contributed by atoms with Gasteiger partial charge in [-0.3, -0.25) is 4.90 Å². The minimum Gasteiger partial charge on any atom is -0.380 e. The first-order valence-electron chi connectivity index (χ1n) is 8.18. The van der Waals surface area contributed by atoms with Gasteiger partial charge in [-0.25, -0.2) is 0 Å². The molecule has 0 aromatic heterocycles. The summed E-state index contributed by atoms with van der Waals surface area (Å²) in [7, 11) is 0. The summed E-state index contributed by atoms with van der Waals surface area (Å²) in [6.45, 7) is 19.4. The van der Waals surface area contributed by atoms with Gasteiger partial charge in [-0.2, -0.15) is 0 Å². The molecule has 0 aromatic rings. The fraction of sp³-hybridized carbons (Fsp3) is 1.00. The largest absolute Gasteiger partial charge is 0.380 e. The molecular formula is C16H36N2O2. The van der Waals surface area contributed by atoms with Gasteiger partial charge in [0.25, 0.3) is 0 Å². The van der Waals surface area contributed by atoms with Crippen molar-refractivity contribution < 1.29 is 9.47 Å². The van der Waals surface area contributed by atoms with Crippen LogP contribution in [0.4, 0.5) is 0 Å². The maximum absolute atomic E-state index is 5.47.